The summed E-state index contributed by atoms with van der Waals surface area (Å²) in [5.74, 6) is -0.434. The van der Waals surface area contributed by atoms with E-state index in [1.165, 1.54) is 0 Å². The number of amides is 1. The van der Waals surface area contributed by atoms with E-state index in [0.29, 0.717) is 25.9 Å². The van der Waals surface area contributed by atoms with Crippen molar-refractivity contribution in [3.63, 3.8) is 0 Å². The van der Waals surface area contributed by atoms with Crippen molar-refractivity contribution in [3.05, 3.63) is 42.0 Å². The van der Waals surface area contributed by atoms with Crippen molar-refractivity contribution in [1.29, 1.82) is 0 Å². The molecule has 0 saturated carbocycles. The molecule has 0 N–H and O–H groups in total. The molecule has 1 aliphatic heterocycles. The molecule has 0 fully saturated rings. The van der Waals surface area contributed by atoms with Gasteiger partial charge in [0.25, 0.3) is 0 Å². The van der Waals surface area contributed by atoms with E-state index in [1.54, 1.807) is 18.9 Å². The van der Waals surface area contributed by atoms with Crippen molar-refractivity contribution in [2.45, 2.75) is 26.2 Å². The van der Waals surface area contributed by atoms with Crippen LogP contribution in [0.25, 0.3) is 5.70 Å². The third-order valence-corrected chi connectivity index (χ3v) is 3.66. The quantitative estimate of drug-likeness (QED) is 0.803. The number of rotatable bonds is 3. The Morgan fingerprint density at radius 2 is 2.05 bits per heavy atom. The van der Waals surface area contributed by atoms with Crippen LogP contribution in [0.1, 0.15) is 31.7 Å². The topological polar surface area (TPSA) is 46.6 Å². The van der Waals surface area contributed by atoms with E-state index in [0.717, 1.165) is 11.3 Å². The van der Waals surface area contributed by atoms with Gasteiger partial charge in [-0.3, -0.25) is 9.59 Å². The lowest BCUT2D eigenvalue weighted by Gasteiger charge is -2.26. The lowest BCUT2D eigenvalue weighted by molar-refractivity contribution is -0.146. The minimum atomic E-state index is -0.296. The van der Waals surface area contributed by atoms with E-state index < -0.39 is 0 Å². The highest BCUT2D eigenvalue weighted by Crippen LogP contribution is 2.26. The predicted octanol–water partition coefficient (Wildman–Crippen LogP) is 2.85. The second-order valence-corrected chi connectivity index (χ2v) is 5.12. The Hall–Kier alpha value is -2.10. The Balaban J connectivity index is 2.38. The van der Waals surface area contributed by atoms with Gasteiger partial charge in [-0.1, -0.05) is 30.3 Å². The van der Waals surface area contributed by atoms with Crippen LogP contribution < -0.4 is 0 Å². The van der Waals surface area contributed by atoms with Crippen LogP contribution in [0.3, 0.4) is 0 Å². The molecule has 4 nitrogen and oxygen atoms in total. The zero-order valence-electron chi connectivity index (χ0n) is 12.5. The molecule has 0 spiro atoms. The summed E-state index contributed by atoms with van der Waals surface area (Å²) in [6, 6.07) is 9.66. The molecule has 112 valence electrons. The molecule has 1 aliphatic rings. The number of carbonyl (C=O) groups excluding carboxylic acids is 2. The largest absolute Gasteiger partial charge is 0.466 e. The predicted molar refractivity (Wildman–Crippen MR) is 81.2 cm³/mol. The van der Waals surface area contributed by atoms with Gasteiger partial charge in [-0.2, -0.15) is 0 Å². The van der Waals surface area contributed by atoms with E-state index >= 15 is 0 Å². The molecule has 1 heterocycles. The third-order valence-electron chi connectivity index (χ3n) is 3.66. The molecule has 0 bridgehead atoms. The molecule has 21 heavy (non-hydrogen) atoms. The van der Waals surface area contributed by atoms with E-state index in [4.69, 9.17) is 4.74 Å². The van der Waals surface area contributed by atoms with Crippen molar-refractivity contribution in [1.82, 2.24) is 4.90 Å². The van der Waals surface area contributed by atoms with Crippen LogP contribution in [-0.4, -0.2) is 30.4 Å². The summed E-state index contributed by atoms with van der Waals surface area (Å²) < 4.78 is 5.14. The van der Waals surface area contributed by atoms with Crippen LogP contribution in [0.4, 0.5) is 0 Å². The molecule has 0 radical (unpaired) electrons. The van der Waals surface area contributed by atoms with Gasteiger partial charge in [0.1, 0.15) is 0 Å². The van der Waals surface area contributed by atoms with Gasteiger partial charge in [-0.15, -0.1) is 0 Å². The van der Waals surface area contributed by atoms with Gasteiger partial charge in [-0.25, -0.2) is 0 Å². The average molecular weight is 287 g/mol. The zero-order valence-corrected chi connectivity index (χ0v) is 12.5. The van der Waals surface area contributed by atoms with Gasteiger partial charge in [0.2, 0.25) is 5.91 Å². The van der Waals surface area contributed by atoms with E-state index in [9.17, 15) is 9.59 Å². The normalized spacial score (nSPS) is 22.0. The molecule has 0 aromatic heterocycles. The first kappa shape index (κ1) is 15.3. The smallest absolute Gasteiger partial charge is 0.312 e. The molecule has 2 rings (SSSR count). The molecule has 0 aliphatic carbocycles. The van der Waals surface area contributed by atoms with E-state index in [-0.39, 0.29) is 17.8 Å². The maximum absolute atomic E-state index is 12.1. The second kappa shape index (κ2) is 7.07. The number of nitrogens with zero attached hydrogens (tertiary/aromatic N) is 1. The number of hydrogen-bond acceptors (Lipinski definition) is 3. The lowest BCUT2D eigenvalue weighted by atomic mass is 9.96. The summed E-state index contributed by atoms with van der Waals surface area (Å²) >= 11 is 0. The minimum Gasteiger partial charge on any atom is -0.466 e. The van der Waals surface area contributed by atoms with Gasteiger partial charge in [0.15, 0.2) is 0 Å². The van der Waals surface area contributed by atoms with Gasteiger partial charge >= 0.3 is 5.97 Å². The van der Waals surface area contributed by atoms with Crippen molar-refractivity contribution < 1.29 is 14.3 Å². The molecule has 1 atom stereocenters. The Morgan fingerprint density at radius 1 is 1.33 bits per heavy atom. The van der Waals surface area contributed by atoms with Crippen molar-refractivity contribution in [2.75, 3.05) is 13.7 Å². The monoisotopic (exact) mass is 287 g/mol. The summed E-state index contributed by atoms with van der Waals surface area (Å²) in [5.41, 5.74) is 1.71. The van der Waals surface area contributed by atoms with Gasteiger partial charge in [-0.05, 0) is 31.4 Å². The molecule has 0 saturated heterocycles. The summed E-state index contributed by atoms with van der Waals surface area (Å²) in [7, 11) is 1.76. The fourth-order valence-electron chi connectivity index (χ4n) is 2.49. The van der Waals surface area contributed by atoms with Gasteiger partial charge in [0.05, 0.1) is 12.5 Å². The van der Waals surface area contributed by atoms with Gasteiger partial charge in [0, 0.05) is 19.2 Å². The Kier molecular flexibility index (Phi) is 5.14. The number of hydrogen-bond donors (Lipinski definition) is 0. The number of benzene rings is 1. The first-order valence-corrected chi connectivity index (χ1v) is 7.34. The van der Waals surface area contributed by atoms with Crippen LogP contribution in [0.2, 0.25) is 0 Å². The molecule has 1 aromatic rings. The molecule has 4 heteroatoms. The standard InChI is InChI=1S/C17H21NO3/c1-3-21-17(20)14-10-7-11-16(19)18(2)15(12-14)13-8-5-4-6-9-13/h4-6,8-9,12,14H,3,7,10-11H2,1-2H3/b15-12-. The first-order chi connectivity index (χ1) is 10.1. The first-order valence-electron chi connectivity index (χ1n) is 7.34. The Labute approximate surface area is 125 Å². The molecule has 1 unspecified atom stereocenters. The van der Waals surface area contributed by atoms with Crippen LogP contribution in [0.5, 0.6) is 0 Å². The molecular formula is C17H21NO3. The number of esters is 1. The van der Waals surface area contributed by atoms with Crippen molar-refractivity contribution in [2.24, 2.45) is 5.92 Å². The number of carbonyl (C=O) groups is 2. The second-order valence-electron chi connectivity index (χ2n) is 5.12. The van der Waals surface area contributed by atoms with Gasteiger partial charge < -0.3 is 9.64 Å². The maximum atomic E-state index is 12.1. The van der Waals surface area contributed by atoms with Crippen LogP contribution in [0.15, 0.2) is 36.4 Å². The number of ether oxygens (including phenoxy) is 1. The lowest BCUT2D eigenvalue weighted by Crippen LogP contribution is -2.29. The summed E-state index contributed by atoms with van der Waals surface area (Å²) in [4.78, 5) is 25.8. The SMILES string of the molecule is CCOC(=O)C1/C=C(/c2ccccc2)N(C)C(=O)CCC1. The molecule has 1 aromatic carbocycles. The highest BCUT2D eigenvalue weighted by atomic mass is 16.5. The summed E-state index contributed by atoms with van der Waals surface area (Å²) in [6.45, 7) is 2.18. The summed E-state index contributed by atoms with van der Waals surface area (Å²) in [5, 5.41) is 0. The Bertz CT molecular complexity index is 536. The fourth-order valence-corrected chi connectivity index (χ4v) is 2.49. The van der Waals surface area contributed by atoms with E-state index in [2.05, 4.69) is 0 Å². The highest BCUT2D eigenvalue weighted by molar-refractivity contribution is 5.88. The van der Waals surface area contributed by atoms with Crippen LogP contribution >= 0.6 is 0 Å². The molecule has 1 amide bonds. The van der Waals surface area contributed by atoms with Crippen molar-refractivity contribution >= 4 is 17.6 Å². The van der Waals surface area contributed by atoms with Crippen LogP contribution in [-0.2, 0) is 14.3 Å². The summed E-state index contributed by atoms with van der Waals surface area (Å²) in [6.07, 6.45) is 3.67. The fraction of sp³-hybridized carbons (Fsp3) is 0.412. The average Bonchev–Trinajstić information content (AvgIpc) is 2.49. The van der Waals surface area contributed by atoms with Crippen LogP contribution in [0, 0.1) is 5.92 Å². The zero-order chi connectivity index (χ0) is 15.2. The van der Waals surface area contributed by atoms with E-state index in [1.807, 2.05) is 36.4 Å². The third kappa shape index (κ3) is 3.72. The highest BCUT2D eigenvalue weighted by Gasteiger charge is 2.25. The maximum Gasteiger partial charge on any atom is 0.312 e. The molecular weight excluding hydrogens is 266 g/mol. The Morgan fingerprint density at radius 3 is 2.71 bits per heavy atom. The van der Waals surface area contributed by atoms with Crippen molar-refractivity contribution in [3.8, 4) is 0 Å². The minimum absolute atomic E-state index is 0.0763.